The third-order valence-electron chi connectivity index (χ3n) is 2.81. The maximum atomic E-state index is 10.9. The number of carbonyl (C=O) groups is 2. The molecule has 0 rings (SSSR count). The number of rotatable bonds is 9. The van der Waals surface area contributed by atoms with Gasteiger partial charge in [-0.15, -0.1) is 0 Å². The van der Waals surface area contributed by atoms with Crippen LogP contribution in [0, 0.1) is 0 Å². The average molecular weight is 242 g/mol. The molecule has 0 fully saturated rings. The van der Waals surface area contributed by atoms with Crippen LogP contribution in [0.1, 0.15) is 58.8 Å². The quantitative estimate of drug-likeness (QED) is 0.481. The molecule has 0 bridgehead atoms. The number of carboxylic acids is 2. The van der Waals surface area contributed by atoms with Gasteiger partial charge in [0.05, 0.1) is 0 Å². The molecular formula is C13H22O4. The van der Waals surface area contributed by atoms with Crippen molar-refractivity contribution in [1.82, 2.24) is 0 Å². The first-order valence-electron chi connectivity index (χ1n) is 6.17. The molecule has 0 aliphatic carbocycles. The van der Waals surface area contributed by atoms with Crippen LogP contribution in [-0.2, 0) is 9.59 Å². The number of carboxylic acid groups (broad SMARTS) is 2. The first-order chi connectivity index (χ1) is 8.00. The lowest BCUT2D eigenvalue weighted by atomic mass is 10.0. The second-order valence-electron chi connectivity index (χ2n) is 4.23. The van der Waals surface area contributed by atoms with E-state index in [4.69, 9.17) is 10.2 Å². The Kier molecular flexibility index (Phi) is 8.11. The van der Waals surface area contributed by atoms with Gasteiger partial charge in [0.15, 0.2) is 0 Å². The molecule has 2 N–H and O–H groups in total. The third-order valence-corrected chi connectivity index (χ3v) is 2.81. The van der Waals surface area contributed by atoms with Crippen LogP contribution in [0.15, 0.2) is 11.1 Å². The zero-order valence-corrected chi connectivity index (χ0v) is 10.7. The largest absolute Gasteiger partial charge is 0.478 e. The van der Waals surface area contributed by atoms with E-state index < -0.39 is 11.9 Å². The molecule has 0 aromatic rings. The van der Waals surface area contributed by atoms with Gasteiger partial charge in [0.2, 0.25) is 0 Å². The fourth-order valence-corrected chi connectivity index (χ4v) is 1.67. The van der Waals surface area contributed by atoms with Crippen LogP contribution in [-0.4, -0.2) is 22.2 Å². The molecule has 4 nitrogen and oxygen atoms in total. The van der Waals surface area contributed by atoms with Crippen LogP contribution in [0.25, 0.3) is 0 Å². The van der Waals surface area contributed by atoms with E-state index in [2.05, 4.69) is 6.92 Å². The van der Waals surface area contributed by atoms with Gasteiger partial charge in [0, 0.05) is 11.1 Å². The van der Waals surface area contributed by atoms with E-state index in [0.29, 0.717) is 6.42 Å². The normalized spacial score (nSPS) is 12.1. The predicted octanol–water partition coefficient (Wildman–Crippen LogP) is 3.22. The van der Waals surface area contributed by atoms with Gasteiger partial charge >= 0.3 is 11.9 Å². The van der Waals surface area contributed by atoms with Gasteiger partial charge in [-0.2, -0.15) is 0 Å². The molecule has 0 spiro atoms. The minimum atomic E-state index is -1.15. The lowest BCUT2D eigenvalue weighted by Crippen LogP contribution is -2.09. The minimum absolute atomic E-state index is 0.0352. The highest BCUT2D eigenvalue weighted by Gasteiger charge is 2.15. The number of hydrogen-bond donors (Lipinski definition) is 2. The van der Waals surface area contributed by atoms with Crippen molar-refractivity contribution in [3.63, 3.8) is 0 Å². The van der Waals surface area contributed by atoms with Gasteiger partial charge in [-0.1, -0.05) is 39.0 Å². The van der Waals surface area contributed by atoms with E-state index >= 15 is 0 Å². The molecule has 0 unspecified atom stereocenters. The Balaban J connectivity index is 4.09. The molecule has 4 heteroatoms. The number of hydrogen-bond acceptors (Lipinski definition) is 2. The third kappa shape index (κ3) is 6.76. The van der Waals surface area contributed by atoms with Gasteiger partial charge in [0.1, 0.15) is 0 Å². The highest BCUT2D eigenvalue weighted by atomic mass is 16.4. The average Bonchev–Trinajstić information content (AvgIpc) is 2.26. The summed E-state index contributed by atoms with van der Waals surface area (Å²) in [6.07, 6.45) is 6.70. The van der Waals surface area contributed by atoms with Crippen molar-refractivity contribution in [2.45, 2.75) is 58.8 Å². The van der Waals surface area contributed by atoms with Crippen LogP contribution >= 0.6 is 0 Å². The molecule has 0 heterocycles. The molecule has 0 aliphatic heterocycles. The van der Waals surface area contributed by atoms with Crippen molar-refractivity contribution in [2.75, 3.05) is 0 Å². The molecule has 0 amide bonds. The Morgan fingerprint density at radius 1 is 0.882 bits per heavy atom. The van der Waals surface area contributed by atoms with E-state index in [-0.39, 0.29) is 11.1 Å². The summed E-state index contributed by atoms with van der Waals surface area (Å²) in [7, 11) is 0. The van der Waals surface area contributed by atoms with Crippen molar-refractivity contribution in [2.24, 2.45) is 0 Å². The molecule has 17 heavy (non-hydrogen) atoms. The summed E-state index contributed by atoms with van der Waals surface area (Å²) in [5.74, 6) is -2.26. The Labute approximate surface area is 102 Å². The summed E-state index contributed by atoms with van der Waals surface area (Å²) in [5, 5.41) is 17.7. The maximum Gasteiger partial charge on any atom is 0.332 e. The van der Waals surface area contributed by atoms with Gasteiger partial charge in [-0.3, -0.25) is 0 Å². The summed E-state index contributed by atoms with van der Waals surface area (Å²) in [5.41, 5.74) is -0.0148. The molecule has 0 saturated carbocycles. The van der Waals surface area contributed by atoms with Crippen molar-refractivity contribution in [3.05, 3.63) is 11.1 Å². The lowest BCUT2D eigenvalue weighted by Gasteiger charge is -2.05. The highest BCUT2D eigenvalue weighted by molar-refractivity contribution is 5.98. The molecule has 0 aromatic carbocycles. The molecule has 0 saturated heterocycles. The summed E-state index contributed by atoms with van der Waals surface area (Å²) < 4.78 is 0. The standard InChI is InChI=1S/C13H22O4/c1-3-4-5-6-7-8-9-11(13(16)17)10(2)12(14)15/h3-9H2,1-2H3,(H,14,15)(H,16,17)/b11-10-. The van der Waals surface area contributed by atoms with Gasteiger partial charge in [-0.05, 0) is 19.8 Å². The molecule has 98 valence electrons. The SMILES string of the molecule is CCCCCCCC/C(C(=O)O)=C(\C)C(=O)O. The van der Waals surface area contributed by atoms with Crippen LogP contribution in [0.5, 0.6) is 0 Å². The first-order valence-corrected chi connectivity index (χ1v) is 6.17. The van der Waals surface area contributed by atoms with E-state index in [9.17, 15) is 9.59 Å². The summed E-state index contributed by atoms with van der Waals surface area (Å²) in [6, 6.07) is 0. The summed E-state index contributed by atoms with van der Waals surface area (Å²) >= 11 is 0. The van der Waals surface area contributed by atoms with E-state index in [1.54, 1.807) is 0 Å². The highest BCUT2D eigenvalue weighted by Crippen LogP contribution is 2.15. The zero-order valence-electron chi connectivity index (χ0n) is 10.7. The second-order valence-corrected chi connectivity index (χ2v) is 4.23. The fourth-order valence-electron chi connectivity index (χ4n) is 1.67. The van der Waals surface area contributed by atoms with Gasteiger partial charge in [0.25, 0.3) is 0 Å². The van der Waals surface area contributed by atoms with Crippen molar-refractivity contribution < 1.29 is 19.8 Å². The van der Waals surface area contributed by atoms with Crippen LogP contribution in [0.2, 0.25) is 0 Å². The minimum Gasteiger partial charge on any atom is -0.478 e. The monoisotopic (exact) mass is 242 g/mol. The Morgan fingerprint density at radius 2 is 1.41 bits per heavy atom. The predicted molar refractivity (Wildman–Crippen MR) is 66.0 cm³/mol. The fraction of sp³-hybridized carbons (Fsp3) is 0.692. The van der Waals surface area contributed by atoms with Gasteiger partial charge < -0.3 is 10.2 Å². The van der Waals surface area contributed by atoms with Crippen LogP contribution in [0.3, 0.4) is 0 Å². The van der Waals surface area contributed by atoms with Crippen molar-refractivity contribution >= 4 is 11.9 Å². The summed E-state index contributed by atoms with van der Waals surface area (Å²) in [6.45, 7) is 3.49. The maximum absolute atomic E-state index is 10.9. The van der Waals surface area contributed by atoms with Crippen LogP contribution < -0.4 is 0 Å². The number of unbranched alkanes of at least 4 members (excludes halogenated alkanes) is 5. The molecule has 0 aliphatic rings. The van der Waals surface area contributed by atoms with E-state index in [0.717, 1.165) is 19.3 Å². The molecule has 0 atom stereocenters. The molecule has 0 aromatic heterocycles. The molecular weight excluding hydrogens is 220 g/mol. The van der Waals surface area contributed by atoms with Crippen molar-refractivity contribution in [1.29, 1.82) is 0 Å². The van der Waals surface area contributed by atoms with Crippen LogP contribution in [0.4, 0.5) is 0 Å². The lowest BCUT2D eigenvalue weighted by molar-refractivity contribution is -0.136. The zero-order chi connectivity index (χ0) is 13.3. The summed E-state index contributed by atoms with van der Waals surface area (Å²) in [4.78, 5) is 21.6. The topological polar surface area (TPSA) is 74.6 Å². The Hall–Kier alpha value is -1.32. The molecule has 0 radical (unpaired) electrons. The second kappa shape index (κ2) is 8.79. The smallest absolute Gasteiger partial charge is 0.332 e. The Morgan fingerprint density at radius 3 is 1.88 bits per heavy atom. The van der Waals surface area contributed by atoms with E-state index in [1.165, 1.54) is 26.2 Å². The number of aliphatic carboxylic acids is 2. The van der Waals surface area contributed by atoms with Crippen molar-refractivity contribution in [3.8, 4) is 0 Å². The Bertz CT molecular complexity index is 292. The van der Waals surface area contributed by atoms with Gasteiger partial charge in [-0.25, -0.2) is 9.59 Å². The van der Waals surface area contributed by atoms with E-state index in [1.807, 2.05) is 0 Å². The first kappa shape index (κ1) is 15.7.